The van der Waals surface area contributed by atoms with Gasteiger partial charge < -0.3 is 9.67 Å². The van der Waals surface area contributed by atoms with E-state index in [9.17, 15) is 5.11 Å². The van der Waals surface area contributed by atoms with E-state index in [1.807, 2.05) is 24.3 Å². The summed E-state index contributed by atoms with van der Waals surface area (Å²) in [4.78, 5) is 0. The van der Waals surface area contributed by atoms with Gasteiger partial charge in [0.2, 0.25) is 0 Å². The average Bonchev–Trinajstić information content (AvgIpc) is 2.72. The molecular weight excluding hydrogens is 270 g/mol. The molecule has 1 aromatic heterocycles. The fraction of sp³-hybridized carbons (Fsp3) is 0.176. The Morgan fingerprint density at radius 1 is 1.10 bits per heavy atom. The van der Waals surface area contributed by atoms with Crippen LogP contribution in [0.25, 0.3) is 10.9 Å². The van der Waals surface area contributed by atoms with E-state index in [1.165, 1.54) is 11.1 Å². The lowest BCUT2D eigenvalue weighted by molar-refractivity contribution is 0.283. The van der Waals surface area contributed by atoms with Gasteiger partial charge >= 0.3 is 0 Å². The first-order chi connectivity index (χ1) is 9.70. The lowest BCUT2D eigenvalue weighted by atomic mass is 10.1. The second-order valence-corrected chi connectivity index (χ2v) is 5.38. The number of nitrogens with zero attached hydrogens (tertiary/aromatic N) is 1. The van der Waals surface area contributed by atoms with E-state index in [4.69, 9.17) is 11.6 Å². The molecule has 20 heavy (non-hydrogen) atoms. The summed E-state index contributed by atoms with van der Waals surface area (Å²) in [7, 11) is 0. The molecule has 0 amide bonds. The molecule has 0 fully saturated rings. The van der Waals surface area contributed by atoms with Crippen molar-refractivity contribution in [2.45, 2.75) is 20.1 Å². The Kier molecular flexibility index (Phi) is 3.51. The molecular formula is C17H16ClNO. The van der Waals surface area contributed by atoms with Gasteiger partial charge in [0.25, 0.3) is 0 Å². The van der Waals surface area contributed by atoms with Gasteiger partial charge in [-0.25, -0.2) is 0 Å². The fourth-order valence-electron chi connectivity index (χ4n) is 2.64. The van der Waals surface area contributed by atoms with Crippen molar-refractivity contribution in [1.29, 1.82) is 0 Å². The minimum atomic E-state index is -0.0415. The zero-order valence-electron chi connectivity index (χ0n) is 11.3. The number of aromatic nitrogens is 1. The quantitative estimate of drug-likeness (QED) is 0.768. The predicted octanol–water partition coefficient (Wildman–Crippen LogP) is 4.14. The smallest absolute Gasteiger partial charge is 0.115 e. The predicted molar refractivity (Wildman–Crippen MR) is 83.2 cm³/mol. The Bertz CT molecular complexity index is 761. The van der Waals surface area contributed by atoms with Crippen LogP contribution in [0.5, 0.6) is 0 Å². The van der Waals surface area contributed by atoms with E-state index < -0.39 is 0 Å². The topological polar surface area (TPSA) is 25.2 Å². The fourth-order valence-corrected chi connectivity index (χ4v) is 2.95. The van der Waals surface area contributed by atoms with Gasteiger partial charge in [0, 0.05) is 23.0 Å². The van der Waals surface area contributed by atoms with Crippen LogP contribution in [0.15, 0.2) is 48.5 Å². The first kappa shape index (κ1) is 13.2. The van der Waals surface area contributed by atoms with Gasteiger partial charge in [0.1, 0.15) is 5.15 Å². The number of halogens is 1. The number of fused-ring (bicyclic) bond motifs is 1. The number of benzene rings is 2. The van der Waals surface area contributed by atoms with Crippen LogP contribution < -0.4 is 0 Å². The molecule has 1 N–H and O–H groups in total. The zero-order chi connectivity index (χ0) is 14.1. The highest BCUT2D eigenvalue weighted by Crippen LogP contribution is 2.30. The standard InChI is InChI=1S/C17H16ClNO/c1-12-5-4-6-13(9-12)10-19-16-8-3-2-7-14(16)15(11-20)17(19)18/h2-9,20H,10-11H2,1H3. The van der Waals surface area contributed by atoms with Crippen LogP contribution in [-0.2, 0) is 13.2 Å². The Balaban J connectivity index is 2.14. The van der Waals surface area contributed by atoms with E-state index >= 15 is 0 Å². The molecule has 0 spiro atoms. The van der Waals surface area contributed by atoms with Gasteiger partial charge in [-0.2, -0.15) is 0 Å². The van der Waals surface area contributed by atoms with Crippen molar-refractivity contribution >= 4 is 22.5 Å². The van der Waals surface area contributed by atoms with Crippen molar-refractivity contribution in [3.05, 3.63) is 70.4 Å². The summed E-state index contributed by atoms with van der Waals surface area (Å²) in [5.74, 6) is 0. The molecule has 3 rings (SSSR count). The molecule has 1 heterocycles. The molecule has 0 saturated carbocycles. The number of aliphatic hydroxyl groups excluding tert-OH is 1. The lowest BCUT2D eigenvalue weighted by Gasteiger charge is -2.08. The van der Waals surface area contributed by atoms with Crippen LogP contribution in [0.3, 0.4) is 0 Å². The van der Waals surface area contributed by atoms with Gasteiger partial charge in [0.05, 0.1) is 6.61 Å². The van der Waals surface area contributed by atoms with Crippen LogP contribution in [0.1, 0.15) is 16.7 Å². The van der Waals surface area contributed by atoms with E-state index in [0.29, 0.717) is 11.7 Å². The maximum atomic E-state index is 9.54. The molecule has 0 aliphatic rings. The summed E-state index contributed by atoms with van der Waals surface area (Å²) >= 11 is 6.44. The largest absolute Gasteiger partial charge is 0.392 e. The maximum absolute atomic E-state index is 9.54. The Labute approximate surface area is 123 Å². The normalized spacial score (nSPS) is 11.2. The molecule has 0 unspecified atom stereocenters. The molecule has 2 nitrogen and oxygen atoms in total. The van der Waals surface area contributed by atoms with Crippen molar-refractivity contribution < 1.29 is 5.11 Å². The summed E-state index contributed by atoms with van der Waals surface area (Å²) in [6.45, 7) is 2.75. The van der Waals surface area contributed by atoms with Crippen molar-refractivity contribution in [1.82, 2.24) is 4.57 Å². The van der Waals surface area contributed by atoms with Crippen molar-refractivity contribution in [3.8, 4) is 0 Å². The number of hydrogen-bond acceptors (Lipinski definition) is 1. The molecule has 102 valence electrons. The SMILES string of the molecule is Cc1cccc(Cn2c(Cl)c(CO)c3ccccc32)c1. The summed E-state index contributed by atoms with van der Waals surface area (Å²) in [5.41, 5.74) is 4.30. The summed E-state index contributed by atoms with van der Waals surface area (Å²) in [5, 5.41) is 11.2. The van der Waals surface area contributed by atoms with E-state index in [-0.39, 0.29) is 6.61 Å². The monoisotopic (exact) mass is 285 g/mol. The van der Waals surface area contributed by atoms with Gasteiger partial charge in [-0.15, -0.1) is 0 Å². The first-order valence-corrected chi connectivity index (χ1v) is 7.00. The first-order valence-electron chi connectivity index (χ1n) is 6.62. The highest BCUT2D eigenvalue weighted by atomic mass is 35.5. The van der Waals surface area contributed by atoms with Crippen LogP contribution in [0.2, 0.25) is 5.15 Å². The van der Waals surface area contributed by atoms with Crippen molar-refractivity contribution in [2.24, 2.45) is 0 Å². The molecule has 0 atom stereocenters. The average molecular weight is 286 g/mol. The lowest BCUT2D eigenvalue weighted by Crippen LogP contribution is -2.00. The number of para-hydroxylation sites is 1. The molecule has 2 aromatic carbocycles. The van der Waals surface area contributed by atoms with Gasteiger partial charge in [-0.05, 0) is 18.6 Å². The number of aliphatic hydroxyl groups is 1. The molecule has 0 bridgehead atoms. The molecule has 3 aromatic rings. The van der Waals surface area contributed by atoms with Crippen LogP contribution >= 0.6 is 11.6 Å². The van der Waals surface area contributed by atoms with Crippen LogP contribution in [0.4, 0.5) is 0 Å². The number of aryl methyl sites for hydroxylation is 1. The summed E-state index contributed by atoms with van der Waals surface area (Å²) in [6, 6.07) is 16.4. The van der Waals surface area contributed by atoms with Crippen LogP contribution in [0, 0.1) is 6.92 Å². The molecule has 0 aliphatic heterocycles. The third-order valence-electron chi connectivity index (χ3n) is 3.59. The van der Waals surface area contributed by atoms with Crippen molar-refractivity contribution in [2.75, 3.05) is 0 Å². The van der Waals surface area contributed by atoms with E-state index in [1.54, 1.807) is 0 Å². The molecule has 0 aliphatic carbocycles. The Morgan fingerprint density at radius 2 is 1.90 bits per heavy atom. The van der Waals surface area contributed by atoms with Crippen molar-refractivity contribution in [3.63, 3.8) is 0 Å². The third-order valence-corrected chi connectivity index (χ3v) is 4.02. The number of rotatable bonds is 3. The molecule has 3 heteroatoms. The number of hydrogen-bond donors (Lipinski definition) is 1. The Hall–Kier alpha value is -1.77. The van der Waals surface area contributed by atoms with Gasteiger partial charge in [-0.3, -0.25) is 0 Å². The minimum Gasteiger partial charge on any atom is -0.392 e. The summed E-state index contributed by atoms with van der Waals surface area (Å²) < 4.78 is 2.05. The van der Waals surface area contributed by atoms with Gasteiger partial charge in [-0.1, -0.05) is 59.6 Å². The molecule has 0 saturated heterocycles. The second kappa shape index (κ2) is 5.31. The molecule has 0 radical (unpaired) electrons. The van der Waals surface area contributed by atoms with E-state index in [2.05, 4.69) is 35.8 Å². The summed E-state index contributed by atoms with van der Waals surface area (Å²) in [6.07, 6.45) is 0. The second-order valence-electron chi connectivity index (χ2n) is 5.02. The zero-order valence-corrected chi connectivity index (χ0v) is 12.1. The minimum absolute atomic E-state index is 0.0415. The van der Waals surface area contributed by atoms with Crippen LogP contribution in [-0.4, -0.2) is 9.67 Å². The Morgan fingerprint density at radius 3 is 2.65 bits per heavy atom. The highest BCUT2D eigenvalue weighted by molar-refractivity contribution is 6.32. The highest BCUT2D eigenvalue weighted by Gasteiger charge is 2.14. The van der Waals surface area contributed by atoms with Gasteiger partial charge in [0.15, 0.2) is 0 Å². The van der Waals surface area contributed by atoms with E-state index in [0.717, 1.165) is 16.5 Å². The third kappa shape index (κ3) is 2.21. The maximum Gasteiger partial charge on any atom is 0.115 e.